The third kappa shape index (κ3) is 1.21. The zero-order valence-corrected chi connectivity index (χ0v) is 7.28. The monoisotopic (exact) mass is 191 g/mol. The number of fused-ring (bicyclic) bond motifs is 1. The van der Waals surface area contributed by atoms with E-state index in [1.165, 1.54) is 4.90 Å². The van der Waals surface area contributed by atoms with E-state index in [1.54, 1.807) is 31.2 Å². The molecule has 3 nitrogen and oxygen atoms in total. The third-order valence-electron chi connectivity index (χ3n) is 2.19. The Labute approximate surface area is 83.3 Å². The van der Waals surface area contributed by atoms with Crippen LogP contribution in [0.1, 0.15) is 35.1 Å². The molecule has 0 aromatic heterocycles. The first-order valence-electron chi connectivity index (χ1n) is 4.21. The Balaban J connectivity index is 0.000000980. The lowest BCUT2D eigenvalue weighted by Gasteiger charge is -2.08. The molecule has 0 atom stereocenters. The number of amides is 2. The molecule has 1 aliphatic rings. The summed E-state index contributed by atoms with van der Waals surface area (Å²) in [7, 11) is 0. The highest BCUT2D eigenvalue weighted by Gasteiger charge is 2.33. The van der Waals surface area contributed by atoms with Gasteiger partial charge in [-0.15, -0.1) is 0 Å². The molecule has 0 bridgehead atoms. The molecule has 1 aromatic carbocycles. The van der Waals surface area contributed by atoms with Gasteiger partial charge in [-0.05, 0) is 19.1 Å². The van der Waals surface area contributed by atoms with E-state index in [1.807, 2.05) is 0 Å². The van der Waals surface area contributed by atoms with Crippen molar-refractivity contribution in [2.75, 3.05) is 6.54 Å². The number of carbonyl (C=O) groups is 2. The fraction of sp³-hybridized carbons (Fsp3) is 0.273. The summed E-state index contributed by atoms with van der Waals surface area (Å²) in [6.07, 6.45) is 0. The van der Waals surface area contributed by atoms with Gasteiger partial charge in [0.15, 0.2) is 0 Å². The number of nitrogens with zero attached hydrogens (tertiary/aromatic N) is 1. The van der Waals surface area contributed by atoms with Crippen molar-refractivity contribution in [3.63, 3.8) is 0 Å². The Bertz CT molecular complexity index is 350. The van der Waals surface area contributed by atoms with Crippen LogP contribution in [0.3, 0.4) is 0 Å². The lowest BCUT2D eigenvalue weighted by atomic mass is 10.1. The third-order valence-corrected chi connectivity index (χ3v) is 2.19. The van der Waals surface area contributed by atoms with Crippen LogP contribution < -0.4 is 0 Å². The smallest absolute Gasteiger partial charge is 0.261 e. The van der Waals surface area contributed by atoms with E-state index in [2.05, 4.69) is 0 Å². The number of rotatable bonds is 1. The van der Waals surface area contributed by atoms with Gasteiger partial charge in [0.25, 0.3) is 11.8 Å². The maximum atomic E-state index is 11.5. The minimum Gasteiger partial charge on any atom is -0.275 e. The molecule has 1 aromatic rings. The largest absolute Gasteiger partial charge is 0.275 e. The van der Waals surface area contributed by atoms with Crippen molar-refractivity contribution in [1.82, 2.24) is 4.90 Å². The Morgan fingerprint density at radius 1 is 1.07 bits per heavy atom. The van der Waals surface area contributed by atoms with Gasteiger partial charge in [-0.3, -0.25) is 14.5 Å². The van der Waals surface area contributed by atoms with E-state index in [4.69, 9.17) is 0 Å². The minimum absolute atomic E-state index is 0. The highest BCUT2D eigenvalue weighted by molar-refractivity contribution is 6.21. The van der Waals surface area contributed by atoms with Crippen molar-refractivity contribution < 1.29 is 9.59 Å². The van der Waals surface area contributed by atoms with Gasteiger partial charge in [0.05, 0.1) is 11.1 Å². The molecule has 0 radical (unpaired) electrons. The van der Waals surface area contributed by atoms with E-state index >= 15 is 0 Å². The summed E-state index contributed by atoms with van der Waals surface area (Å²) in [5.74, 6) is -0.355. The van der Waals surface area contributed by atoms with E-state index in [0.29, 0.717) is 17.7 Å². The molecule has 0 N–H and O–H groups in total. The number of benzene rings is 1. The van der Waals surface area contributed by atoms with Crippen LogP contribution in [0.2, 0.25) is 0 Å². The van der Waals surface area contributed by atoms with Crippen molar-refractivity contribution in [1.29, 1.82) is 0 Å². The van der Waals surface area contributed by atoms with Crippen molar-refractivity contribution in [3.8, 4) is 0 Å². The average Bonchev–Trinajstić information content (AvgIpc) is 2.41. The van der Waals surface area contributed by atoms with Crippen molar-refractivity contribution in [3.05, 3.63) is 35.4 Å². The van der Waals surface area contributed by atoms with Gasteiger partial charge in [0.2, 0.25) is 0 Å². The molecule has 0 saturated carbocycles. The molecule has 1 aliphatic heterocycles. The van der Waals surface area contributed by atoms with Crippen LogP contribution in [0, 0.1) is 0 Å². The standard InChI is InChI=1S/C10H9NO2.CH4/c1-2-11-9(12)7-5-3-4-6-8(7)10(11)13;/h3-6H,2H2,1H3;1H4. The molecular formula is C11H13NO2. The maximum absolute atomic E-state index is 11.5. The van der Waals surface area contributed by atoms with Gasteiger partial charge in [-0.2, -0.15) is 0 Å². The molecule has 2 rings (SSSR count). The lowest BCUT2D eigenvalue weighted by molar-refractivity contribution is 0.0663. The predicted octanol–water partition coefficient (Wildman–Crippen LogP) is 1.94. The van der Waals surface area contributed by atoms with Crippen molar-refractivity contribution in [2.45, 2.75) is 14.4 Å². The number of carbonyl (C=O) groups excluding carboxylic acids is 2. The molecule has 3 heteroatoms. The second kappa shape index (κ2) is 3.62. The molecule has 0 spiro atoms. The zero-order valence-electron chi connectivity index (χ0n) is 7.28. The van der Waals surface area contributed by atoms with E-state index in [0.717, 1.165) is 0 Å². The molecule has 0 saturated heterocycles. The van der Waals surface area contributed by atoms with E-state index in [-0.39, 0.29) is 19.2 Å². The Morgan fingerprint density at radius 3 is 1.86 bits per heavy atom. The Hall–Kier alpha value is -1.64. The van der Waals surface area contributed by atoms with Crippen LogP contribution in [0.15, 0.2) is 24.3 Å². The van der Waals surface area contributed by atoms with Gasteiger partial charge >= 0.3 is 0 Å². The topological polar surface area (TPSA) is 37.4 Å². The fourth-order valence-corrected chi connectivity index (χ4v) is 1.53. The molecule has 14 heavy (non-hydrogen) atoms. The van der Waals surface area contributed by atoms with E-state index in [9.17, 15) is 9.59 Å². The van der Waals surface area contributed by atoms with Crippen LogP contribution in [-0.2, 0) is 0 Å². The predicted molar refractivity (Wildman–Crippen MR) is 54.2 cm³/mol. The fourth-order valence-electron chi connectivity index (χ4n) is 1.53. The molecule has 1 heterocycles. The second-order valence-corrected chi connectivity index (χ2v) is 2.90. The van der Waals surface area contributed by atoms with E-state index < -0.39 is 0 Å². The Kier molecular flexibility index (Phi) is 2.70. The van der Waals surface area contributed by atoms with Gasteiger partial charge in [0, 0.05) is 6.54 Å². The first-order chi connectivity index (χ1) is 6.25. The van der Waals surface area contributed by atoms with Gasteiger partial charge in [0.1, 0.15) is 0 Å². The van der Waals surface area contributed by atoms with Crippen molar-refractivity contribution >= 4 is 11.8 Å². The molecule has 0 unspecified atom stereocenters. The summed E-state index contributed by atoms with van der Waals surface area (Å²) in [6.45, 7) is 2.23. The average molecular weight is 191 g/mol. The van der Waals surface area contributed by atoms with Crippen LogP contribution in [-0.4, -0.2) is 23.3 Å². The molecule has 2 amide bonds. The quantitative estimate of drug-likeness (QED) is 0.636. The second-order valence-electron chi connectivity index (χ2n) is 2.90. The molecule has 74 valence electrons. The number of imide groups is 1. The number of hydrogen-bond donors (Lipinski definition) is 0. The maximum Gasteiger partial charge on any atom is 0.261 e. The normalized spacial score (nSPS) is 13.9. The molecular weight excluding hydrogens is 178 g/mol. The van der Waals surface area contributed by atoms with Gasteiger partial charge < -0.3 is 0 Å². The summed E-state index contributed by atoms with van der Waals surface area (Å²) < 4.78 is 0. The lowest BCUT2D eigenvalue weighted by Crippen LogP contribution is -2.29. The van der Waals surface area contributed by atoms with Crippen LogP contribution in [0.25, 0.3) is 0 Å². The summed E-state index contributed by atoms with van der Waals surface area (Å²) in [6, 6.07) is 6.91. The van der Waals surface area contributed by atoms with Crippen LogP contribution in [0.4, 0.5) is 0 Å². The minimum atomic E-state index is -0.178. The highest BCUT2D eigenvalue weighted by atomic mass is 16.2. The SMILES string of the molecule is C.CCN1C(=O)c2ccccc2C1=O. The highest BCUT2D eigenvalue weighted by Crippen LogP contribution is 2.21. The first-order valence-corrected chi connectivity index (χ1v) is 4.21. The van der Waals surface area contributed by atoms with Crippen LogP contribution in [0.5, 0.6) is 0 Å². The first kappa shape index (κ1) is 10.4. The zero-order chi connectivity index (χ0) is 9.42. The molecule has 0 fully saturated rings. The molecule has 0 aliphatic carbocycles. The Morgan fingerprint density at radius 2 is 1.50 bits per heavy atom. The summed E-state index contributed by atoms with van der Waals surface area (Å²) in [5, 5.41) is 0. The van der Waals surface area contributed by atoms with Crippen molar-refractivity contribution in [2.24, 2.45) is 0 Å². The summed E-state index contributed by atoms with van der Waals surface area (Å²) in [5.41, 5.74) is 1.05. The van der Waals surface area contributed by atoms with Crippen LogP contribution >= 0.6 is 0 Å². The van der Waals surface area contributed by atoms with Gasteiger partial charge in [-0.1, -0.05) is 19.6 Å². The number of hydrogen-bond acceptors (Lipinski definition) is 2. The summed E-state index contributed by atoms with van der Waals surface area (Å²) in [4.78, 5) is 24.3. The summed E-state index contributed by atoms with van der Waals surface area (Å²) >= 11 is 0. The van der Waals surface area contributed by atoms with Gasteiger partial charge in [-0.25, -0.2) is 0 Å².